The highest BCUT2D eigenvalue weighted by atomic mass is 32.2. The van der Waals surface area contributed by atoms with Crippen molar-refractivity contribution in [1.82, 2.24) is 15.5 Å². The van der Waals surface area contributed by atoms with E-state index < -0.39 is 0 Å². The molecule has 5 nitrogen and oxygen atoms in total. The maximum Gasteiger partial charge on any atom is 0.271 e. The summed E-state index contributed by atoms with van der Waals surface area (Å²) in [5.74, 6) is 2.76. The van der Waals surface area contributed by atoms with Crippen LogP contribution in [0.1, 0.15) is 30.8 Å². The van der Waals surface area contributed by atoms with Crippen LogP contribution < -0.4 is 10.6 Å². The summed E-state index contributed by atoms with van der Waals surface area (Å²) in [6, 6.07) is 3.80. The van der Waals surface area contributed by atoms with E-state index in [9.17, 15) is 4.79 Å². The number of carbonyl (C=O) groups is 1. The van der Waals surface area contributed by atoms with E-state index in [-0.39, 0.29) is 5.91 Å². The van der Waals surface area contributed by atoms with Crippen LogP contribution in [0.4, 0.5) is 5.82 Å². The van der Waals surface area contributed by atoms with Gasteiger partial charge in [-0.3, -0.25) is 4.79 Å². The number of anilines is 1. The van der Waals surface area contributed by atoms with Crippen LogP contribution in [-0.2, 0) is 0 Å². The first-order chi connectivity index (χ1) is 8.67. The van der Waals surface area contributed by atoms with Crippen molar-refractivity contribution in [2.75, 3.05) is 23.9 Å². The van der Waals surface area contributed by atoms with Crippen LogP contribution in [0.15, 0.2) is 12.1 Å². The summed E-state index contributed by atoms with van der Waals surface area (Å²) in [4.78, 5) is 11.3. The first kappa shape index (κ1) is 14.8. The zero-order valence-electron chi connectivity index (χ0n) is 11.1. The summed E-state index contributed by atoms with van der Waals surface area (Å²) < 4.78 is 0. The molecule has 1 aromatic heterocycles. The lowest BCUT2D eigenvalue weighted by molar-refractivity contribution is 0.0957. The molecule has 0 fully saturated rings. The number of rotatable bonds is 7. The van der Waals surface area contributed by atoms with E-state index in [2.05, 4.69) is 34.7 Å². The van der Waals surface area contributed by atoms with Gasteiger partial charge in [0.2, 0.25) is 0 Å². The lowest BCUT2D eigenvalue weighted by atomic mass is 10.2. The topological polar surface area (TPSA) is 66.9 Å². The second-order valence-corrected chi connectivity index (χ2v) is 5.31. The summed E-state index contributed by atoms with van der Waals surface area (Å²) in [5.41, 5.74) is 0.331. The van der Waals surface area contributed by atoms with Gasteiger partial charge in [0.25, 0.3) is 5.91 Å². The molecule has 1 unspecified atom stereocenters. The maximum atomic E-state index is 11.3. The Labute approximate surface area is 112 Å². The van der Waals surface area contributed by atoms with Gasteiger partial charge < -0.3 is 10.6 Å². The molecule has 1 rings (SSSR count). The van der Waals surface area contributed by atoms with Gasteiger partial charge >= 0.3 is 0 Å². The fourth-order valence-electron chi connectivity index (χ4n) is 1.39. The molecule has 0 spiro atoms. The number of hydrogen-bond donors (Lipinski definition) is 2. The number of nitrogens with one attached hydrogen (secondary N) is 2. The minimum atomic E-state index is -0.221. The number of aromatic nitrogens is 2. The fourth-order valence-corrected chi connectivity index (χ4v) is 2.20. The lowest BCUT2D eigenvalue weighted by Crippen LogP contribution is -2.21. The van der Waals surface area contributed by atoms with Crippen molar-refractivity contribution in [2.24, 2.45) is 0 Å². The highest BCUT2D eigenvalue weighted by molar-refractivity contribution is 7.99. The van der Waals surface area contributed by atoms with Crippen LogP contribution in [-0.4, -0.2) is 40.7 Å². The fraction of sp³-hybridized carbons (Fsp3) is 0.583. The van der Waals surface area contributed by atoms with Crippen molar-refractivity contribution in [3.8, 4) is 0 Å². The van der Waals surface area contributed by atoms with Gasteiger partial charge in [0, 0.05) is 13.1 Å². The average molecular weight is 268 g/mol. The number of nitrogens with zero attached hydrogens (tertiary/aromatic N) is 2. The van der Waals surface area contributed by atoms with Gasteiger partial charge in [0.05, 0.1) is 0 Å². The summed E-state index contributed by atoms with van der Waals surface area (Å²) >= 11 is 1.93. The van der Waals surface area contributed by atoms with Crippen molar-refractivity contribution in [3.63, 3.8) is 0 Å². The highest BCUT2D eigenvalue weighted by Crippen LogP contribution is 2.09. The number of amides is 1. The third-order valence-electron chi connectivity index (χ3n) is 2.42. The molecule has 6 heteroatoms. The summed E-state index contributed by atoms with van der Waals surface area (Å²) in [7, 11) is 1.57. The molecule has 1 aromatic rings. The van der Waals surface area contributed by atoms with Gasteiger partial charge in [-0.15, -0.1) is 10.2 Å². The molecule has 2 N–H and O–H groups in total. The largest absolute Gasteiger partial charge is 0.366 e. The second kappa shape index (κ2) is 7.92. The van der Waals surface area contributed by atoms with Gasteiger partial charge in [0.1, 0.15) is 5.82 Å². The van der Waals surface area contributed by atoms with Crippen LogP contribution in [0.3, 0.4) is 0 Å². The maximum absolute atomic E-state index is 11.3. The SMILES string of the molecule is CCSCCC(C)Nc1ccc(C(=O)NC)nn1. The molecule has 1 atom stereocenters. The van der Waals surface area contributed by atoms with Crippen LogP contribution >= 0.6 is 11.8 Å². The third kappa shape index (κ3) is 4.91. The molecular formula is C12H20N4OS. The molecule has 1 amide bonds. The van der Waals surface area contributed by atoms with Crippen molar-refractivity contribution in [2.45, 2.75) is 26.3 Å². The Morgan fingerprint density at radius 1 is 1.44 bits per heavy atom. The Hall–Kier alpha value is -1.30. The zero-order valence-corrected chi connectivity index (χ0v) is 11.9. The van der Waals surface area contributed by atoms with Crippen LogP contribution in [0.25, 0.3) is 0 Å². The Balaban J connectivity index is 2.45. The number of hydrogen-bond acceptors (Lipinski definition) is 5. The lowest BCUT2D eigenvalue weighted by Gasteiger charge is -2.13. The Kier molecular flexibility index (Phi) is 6.49. The van der Waals surface area contributed by atoms with Gasteiger partial charge in [-0.25, -0.2) is 0 Å². The average Bonchev–Trinajstić information content (AvgIpc) is 2.39. The molecule has 1 heterocycles. The van der Waals surface area contributed by atoms with Crippen LogP contribution in [0.2, 0.25) is 0 Å². The van der Waals surface area contributed by atoms with Gasteiger partial charge in [-0.05, 0) is 37.0 Å². The minimum Gasteiger partial charge on any atom is -0.366 e. The van der Waals surface area contributed by atoms with Crippen LogP contribution in [0, 0.1) is 0 Å². The molecule has 0 bridgehead atoms. The summed E-state index contributed by atoms with van der Waals surface area (Å²) in [6.07, 6.45) is 1.08. The normalized spacial score (nSPS) is 11.9. The molecule has 0 aliphatic heterocycles. The van der Waals surface area contributed by atoms with Gasteiger partial charge in [-0.1, -0.05) is 6.92 Å². The Morgan fingerprint density at radius 2 is 2.22 bits per heavy atom. The Bertz CT molecular complexity index is 369. The summed E-state index contributed by atoms with van der Waals surface area (Å²) in [5, 5.41) is 13.6. The van der Waals surface area contributed by atoms with E-state index >= 15 is 0 Å². The standard InChI is InChI=1S/C12H20N4OS/c1-4-18-8-7-9(2)14-11-6-5-10(15-16-11)12(17)13-3/h5-6,9H,4,7-8H2,1-3H3,(H,13,17)(H,14,16). The minimum absolute atomic E-state index is 0.221. The monoisotopic (exact) mass is 268 g/mol. The van der Waals surface area contributed by atoms with Gasteiger partial charge in [0.15, 0.2) is 5.69 Å². The predicted octanol–water partition coefficient (Wildman–Crippen LogP) is 1.78. The molecule has 0 saturated carbocycles. The molecule has 18 heavy (non-hydrogen) atoms. The van der Waals surface area contributed by atoms with Crippen molar-refractivity contribution >= 4 is 23.5 Å². The zero-order chi connectivity index (χ0) is 13.4. The van der Waals surface area contributed by atoms with E-state index in [1.54, 1.807) is 19.2 Å². The molecular weight excluding hydrogens is 248 g/mol. The molecule has 0 aliphatic rings. The van der Waals surface area contributed by atoms with E-state index in [4.69, 9.17) is 0 Å². The van der Waals surface area contributed by atoms with Crippen LogP contribution in [0.5, 0.6) is 0 Å². The van der Waals surface area contributed by atoms with E-state index in [0.717, 1.165) is 17.9 Å². The quantitative estimate of drug-likeness (QED) is 0.738. The summed E-state index contributed by atoms with van der Waals surface area (Å²) in [6.45, 7) is 4.27. The van der Waals surface area contributed by atoms with Crippen molar-refractivity contribution in [1.29, 1.82) is 0 Å². The van der Waals surface area contributed by atoms with Crippen molar-refractivity contribution < 1.29 is 4.79 Å². The molecule has 100 valence electrons. The Morgan fingerprint density at radius 3 is 2.78 bits per heavy atom. The highest BCUT2D eigenvalue weighted by Gasteiger charge is 2.07. The van der Waals surface area contributed by atoms with E-state index in [1.165, 1.54) is 0 Å². The molecule has 0 radical (unpaired) electrons. The number of carbonyl (C=O) groups excluding carboxylic acids is 1. The molecule has 0 saturated heterocycles. The van der Waals surface area contributed by atoms with E-state index in [1.807, 2.05) is 11.8 Å². The molecule has 0 aliphatic carbocycles. The first-order valence-electron chi connectivity index (χ1n) is 6.07. The number of thioether (sulfide) groups is 1. The predicted molar refractivity (Wildman–Crippen MR) is 76.1 cm³/mol. The van der Waals surface area contributed by atoms with E-state index in [0.29, 0.717) is 17.6 Å². The molecule has 0 aromatic carbocycles. The second-order valence-electron chi connectivity index (χ2n) is 3.91. The van der Waals surface area contributed by atoms with Gasteiger partial charge in [-0.2, -0.15) is 11.8 Å². The van der Waals surface area contributed by atoms with Crippen molar-refractivity contribution in [3.05, 3.63) is 17.8 Å². The smallest absolute Gasteiger partial charge is 0.271 e. The first-order valence-corrected chi connectivity index (χ1v) is 7.23. The third-order valence-corrected chi connectivity index (χ3v) is 3.35.